The Morgan fingerprint density at radius 1 is 1.08 bits per heavy atom. The van der Waals surface area contributed by atoms with Gasteiger partial charge in [0.1, 0.15) is 17.5 Å². The van der Waals surface area contributed by atoms with Gasteiger partial charge in [-0.15, -0.1) is 11.3 Å². The number of aryl methyl sites for hydroxylation is 1. The maximum absolute atomic E-state index is 13.8. The summed E-state index contributed by atoms with van der Waals surface area (Å²) >= 11 is 1.02. The smallest absolute Gasteiger partial charge is 0.257 e. The lowest BCUT2D eigenvalue weighted by atomic mass is 10.1. The van der Waals surface area contributed by atoms with Crippen molar-refractivity contribution in [1.82, 2.24) is 4.98 Å². The third-order valence-corrected chi connectivity index (χ3v) is 4.14. The molecule has 0 bridgehead atoms. The number of halogens is 3. The van der Waals surface area contributed by atoms with Crippen LogP contribution in [0.2, 0.25) is 0 Å². The number of aromatic nitrogens is 1. The summed E-state index contributed by atoms with van der Waals surface area (Å²) in [6.45, 7) is 1.59. The highest BCUT2D eigenvalue weighted by atomic mass is 32.1. The average molecular weight is 348 g/mol. The molecule has 0 unspecified atom stereocenters. The van der Waals surface area contributed by atoms with Gasteiger partial charge in [0, 0.05) is 10.9 Å². The number of benzene rings is 2. The van der Waals surface area contributed by atoms with Gasteiger partial charge >= 0.3 is 0 Å². The zero-order valence-electron chi connectivity index (χ0n) is 12.4. The molecule has 7 heteroatoms. The molecule has 1 heterocycles. The normalized spacial score (nSPS) is 10.7. The molecule has 0 radical (unpaired) electrons. The molecule has 0 saturated heterocycles. The molecule has 2 aromatic carbocycles. The van der Waals surface area contributed by atoms with Gasteiger partial charge in [0.2, 0.25) is 0 Å². The molecule has 3 aromatic rings. The predicted octanol–water partition coefficient (Wildman–Crippen LogP) is 4.79. The van der Waals surface area contributed by atoms with Crippen LogP contribution in [0.1, 0.15) is 15.9 Å². The number of nitrogens with one attached hydrogen (secondary N) is 1. The minimum atomic E-state index is -0.737. The van der Waals surface area contributed by atoms with E-state index in [2.05, 4.69) is 10.3 Å². The van der Waals surface area contributed by atoms with Crippen molar-refractivity contribution in [3.05, 3.63) is 70.4 Å². The number of amides is 1. The molecular formula is C17H11F3N2OS. The van der Waals surface area contributed by atoms with Gasteiger partial charge in [0.05, 0.1) is 11.3 Å². The molecule has 0 aliphatic rings. The second-order valence-electron chi connectivity index (χ2n) is 5.05. The predicted molar refractivity (Wildman–Crippen MR) is 86.6 cm³/mol. The lowest BCUT2D eigenvalue weighted by Gasteiger charge is -2.03. The van der Waals surface area contributed by atoms with E-state index in [1.165, 1.54) is 23.6 Å². The van der Waals surface area contributed by atoms with Gasteiger partial charge in [-0.05, 0) is 36.8 Å². The summed E-state index contributed by atoms with van der Waals surface area (Å²) in [6.07, 6.45) is 0. The molecule has 3 nitrogen and oxygen atoms in total. The van der Waals surface area contributed by atoms with E-state index in [0.717, 1.165) is 29.5 Å². The quantitative estimate of drug-likeness (QED) is 0.739. The van der Waals surface area contributed by atoms with E-state index in [9.17, 15) is 18.0 Å². The first-order valence-electron chi connectivity index (χ1n) is 6.93. The SMILES string of the molecule is Cc1ccc(C(=O)Nc2nc(-c3c(F)cccc3F)cs2)cc1F. The Bertz CT molecular complexity index is 904. The van der Waals surface area contributed by atoms with Crippen molar-refractivity contribution in [3.8, 4) is 11.3 Å². The van der Waals surface area contributed by atoms with Crippen molar-refractivity contribution in [1.29, 1.82) is 0 Å². The van der Waals surface area contributed by atoms with Gasteiger partial charge in [-0.3, -0.25) is 10.1 Å². The maximum Gasteiger partial charge on any atom is 0.257 e. The van der Waals surface area contributed by atoms with Crippen LogP contribution < -0.4 is 5.32 Å². The van der Waals surface area contributed by atoms with Crippen molar-refractivity contribution in [2.24, 2.45) is 0 Å². The molecule has 0 fully saturated rings. The third-order valence-electron chi connectivity index (χ3n) is 3.38. The van der Waals surface area contributed by atoms with Crippen LogP contribution in [-0.2, 0) is 0 Å². The summed E-state index contributed by atoms with van der Waals surface area (Å²) in [5.41, 5.74) is 0.390. The summed E-state index contributed by atoms with van der Waals surface area (Å²) in [6, 6.07) is 7.62. The van der Waals surface area contributed by atoms with E-state index >= 15 is 0 Å². The second kappa shape index (κ2) is 6.45. The molecule has 1 amide bonds. The minimum absolute atomic E-state index is 0.0842. The lowest BCUT2D eigenvalue weighted by molar-refractivity contribution is 0.102. The lowest BCUT2D eigenvalue weighted by Crippen LogP contribution is -2.12. The molecule has 122 valence electrons. The Kier molecular flexibility index (Phi) is 4.35. The fourth-order valence-corrected chi connectivity index (χ4v) is 2.79. The van der Waals surface area contributed by atoms with Crippen LogP contribution in [0.15, 0.2) is 41.8 Å². The number of hydrogen-bond donors (Lipinski definition) is 1. The van der Waals surface area contributed by atoms with Crippen molar-refractivity contribution >= 4 is 22.4 Å². The highest BCUT2D eigenvalue weighted by molar-refractivity contribution is 7.14. The van der Waals surface area contributed by atoms with Crippen molar-refractivity contribution in [3.63, 3.8) is 0 Å². The van der Waals surface area contributed by atoms with E-state index in [0.29, 0.717) is 5.56 Å². The van der Waals surface area contributed by atoms with Crippen LogP contribution in [0.3, 0.4) is 0 Å². The molecule has 3 rings (SSSR count). The standard InChI is InChI=1S/C17H11F3N2OS/c1-9-5-6-10(7-13(9)20)16(23)22-17-21-14(8-24-17)15-11(18)3-2-4-12(15)19/h2-8H,1H3,(H,21,22,23). The van der Waals surface area contributed by atoms with Crippen LogP contribution in [0.5, 0.6) is 0 Å². The highest BCUT2D eigenvalue weighted by Gasteiger charge is 2.16. The Morgan fingerprint density at radius 3 is 2.46 bits per heavy atom. The van der Waals surface area contributed by atoms with E-state index in [1.807, 2.05) is 0 Å². The molecule has 0 atom stereocenters. The minimum Gasteiger partial charge on any atom is -0.298 e. The zero-order valence-corrected chi connectivity index (χ0v) is 13.3. The Labute approximate surface area is 139 Å². The largest absolute Gasteiger partial charge is 0.298 e. The number of rotatable bonds is 3. The fraction of sp³-hybridized carbons (Fsp3) is 0.0588. The Morgan fingerprint density at radius 2 is 1.79 bits per heavy atom. The van der Waals surface area contributed by atoms with Gasteiger partial charge in [-0.2, -0.15) is 0 Å². The monoisotopic (exact) mass is 348 g/mol. The first-order chi connectivity index (χ1) is 11.5. The molecular weight excluding hydrogens is 337 g/mol. The van der Waals surface area contributed by atoms with Crippen LogP contribution in [0.4, 0.5) is 18.3 Å². The number of hydrogen-bond acceptors (Lipinski definition) is 3. The molecule has 24 heavy (non-hydrogen) atoms. The van der Waals surface area contributed by atoms with Crippen LogP contribution >= 0.6 is 11.3 Å². The van der Waals surface area contributed by atoms with E-state index in [-0.39, 0.29) is 22.0 Å². The topological polar surface area (TPSA) is 42.0 Å². The summed E-state index contributed by atoms with van der Waals surface area (Å²) in [7, 11) is 0. The summed E-state index contributed by atoms with van der Waals surface area (Å²) in [5, 5.41) is 4.09. The number of carbonyl (C=O) groups is 1. The van der Waals surface area contributed by atoms with Crippen molar-refractivity contribution < 1.29 is 18.0 Å². The molecule has 0 aliphatic heterocycles. The van der Waals surface area contributed by atoms with Crippen molar-refractivity contribution in [2.45, 2.75) is 6.92 Å². The van der Waals surface area contributed by atoms with E-state index in [4.69, 9.17) is 0 Å². The Hall–Kier alpha value is -2.67. The second-order valence-corrected chi connectivity index (χ2v) is 5.91. The van der Waals surface area contributed by atoms with Crippen LogP contribution in [-0.4, -0.2) is 10.9 Å². The molecule has 0 saturated carbocycles. The average Bonchev–Trinajstić information content (AvgIpc) is 2.98. The van der Waals surface area contributed by atoms with Gasteiger partial charge in [-0.1, -0.05) is 12.1 Å². The molecule has 1 aromatic heterocycles. The first-order valence-corrected chi connectivity index (χ1v) is 7.81. The van der Waals surface area contributed by atoms with E-state index in [1.54, 1.807) is 6.92 Å². The number of carbonyl (C=O) groups excluding carboxylic acids is 1. The highest BCUT2D eigenvalue weighted by Crippen LogP contribution is 2.29. The van der Waals surface area contributed by atoms with Gasteiger partial charge in [0.25, 0.3) is 5.91 Å². The first kappa shape index (κ1) is 16.2. The van der Waals surface area contributed by atoms with Gasteiger partial charge in [0.15, 0.2) is 5.13 Å². The van der Waals surface area contributed by atoms with Gasteiger partial charge < -0.3 is 0 Å². The summed E-state index contributed by atoms with van der Waals surface area (Å²) in [5.74, 6) is -2.52. The number of thiazole rings is 1. The fourth-order valence-electron chi connectivity index (χ4n) is 2.09. The Balaban J connectivity index is 1.83. The number of nitrogens with zero attached hydrogens (tertiary/aromatic N) is 1. The van der Waals surface area contributed by atoms with Gasteiger partial charge in [-0.25, -0.2) is 18.2 Å². The number of anilines is 1. The molecule has 0 spiro atoms. The van der Waals surface area contributed by atoms with Crippen LogP contribution in [0.25, 0.3) is 11.3 Å². The molecule has 0 aliphatic carbocycles. The third kappa shape index (κ3) is 3.16. The summed E-state index contributed by atoms with van der Waals surface area (Å²) in [4.78, 5) is 16.1. The van der Waals surface area contributed by atoms with Crippen LogP contribution in [0, 0.1) is 24.4 Å². The maximum atomic E-state index is 13.8. The zero-order chi connectivity index (χ0) is 17.3. The summed E-state index contributed by atoms with van der Waals surface area (Å²) < 4.78 is 41.0. The van der Waals surface area contributed by atoms with E-state index < -0.39 is 23.4 Å². The molecule has 1 N–H and O–H groups in total. The van der Waals surface area contributed by atoms with Crippen molar-refractivity contribution in [2.75, 3.05) is 5.32 Å².